The lowest BCUT2D eigenvalue weighted by Gasteiger charge is -2.24. The summed E-state index contributed by atoms with van der Waals surface area (Å²) in [6.45, 7) is 8.21. The first-order valence-electron chi connectivity index (χ1n) is 7.32. The van der Waals surface area contributed by atoms with Gasteiger partial charge in [0.1, 0.15) is 11.4 Å². The molecule has 2 aromatic rings. The van der Waals surface area contributed by atoms with E-state index >= 15 is 0 Å². The van der Waals surface area contributed by atoms with E-state index in [0.717, 1.165) is 17.7 Å². The largest absolute Gasteiger partial charge is 0.488 e. The molecule has 0 unspecified atom stereocenters. The van der Waals surface area contributed by atoms with Crippen molar-refractivity contribution in [2.24, 2.45) is 0 Å². The highest BCUT2D eigenvalue weighted by Gasteiger charge is 2.17. The van der Waals surface area contributed by atoms with E-state index in [-0.39, 0.29) is 11.4 Å². The molecule has 0 aliphatic carbocycles. The minimum absolute atomic E-state index is 0.0382. The van der Waals surface area contributed by atoms with Crippen LogP contribution in [0, 0.1) is 6.92 Å². The predicted molar refractivity (Wildman–Crippen MR) is 86.1 cm³/mol. The molecule has 0 N–H and O–H groups in total. The Balaban J connectivity index is 2.15. The second-order valence-electron chi connectivity index (χ2n) is 5.93. The first-order valence-corrected chi connectivity index (χ1v) is 7.32. The van der Waals surface area contributed by atoms with Gasteiger partial charge in [-0.2, -0.15) is 0 Å². The molecule has 0 atom stereocenters. The minimum atomic E-state index is -0.192. The number of carbonyl (C=O) groups is 1. The average Bonchev–Trinajstić information content (AvgIpc) is 2.48. The third kappa shape index (κ3) is 3.94. The third-order valence-corrected chi connectivity index (χ3v) is 3.68. The summed E-state index contributed by atoms with van der Waals surface area (Å²) < 4.78 is 5.90. The smallest absolute Gasteiger partial charge is 0.193 e. The number of rotatable bonds is 5. The molecule has 0 heterocycles. The Morgan fingerprint density at radius 2 is 1.43 bits per heavy atom. The van der Waals surface area contributed by atoms with Gasteiger partial charge in [-0.1, -0.05) is 36.8 Å². The zero-order valence-electron chi connectivity index (χ0n) is 13.1. The lowest BCUT2D eigenvalue weighted by atomic mass is 10.0. The van der Waals surface area contributed by atoms with Crippen molar-refractivity contribution in [3.05, 3.63) is 65.2 Å². The molecule has 0 spiro atoms. The van der Waals surface area contributed by atoms with Gasteiger partial charge in [-0.15, -0.1) is 0 Å². The van der Waals surface area contributed by atoms with Crippen molar-refractivity contribution in [2.45, 2.75) is 39.7 Å². The summed E-state index contributed by atoms with van der Waals surface area (Å²) in [5.74, 6) is 0.832. The number of ketones is 1. The summed E-state index contributed by atoms with van der Waals surface area (Å²) in [4.78, 5) is 12.4. The van der Waals surface area contributed by atoms with Crippen LogP contribution in [0.1, 0.15) is 48.7 Å². The van der Waals surface area contributed by atoms with E-state index in [2.05, 4.69) is 20.8 Å². The van der Waals surface area contributed by atoms with Crippen molar-refractivity contribution >= 4 is 5.78 Å². The van der Waals surface area contributed by atoms with Crippen LogP contribution in [0.4, 0.5) is 0 Å². The van der Waals surface area contributed by atoms with Gasteiger partial charge in [-0.3, -0.25) is 4.79 Å². The highest BCUT2D eigenvalue weighted by atomic mass is 16.5. The van der Waals surface area contributed by atoms with Gasteiger partial charge in [-0.25, -0.2) is 0 Å². The zero-order valence-corrected chi connectivity index (χ0v) is 13.1. The van der Waals surface area contributed by atoms with E-state index in [4.69, 9.17) is 4.74 Å². The molecule has 110 valence electrons. The maximum absolute atomic E-state index is 12.4. The molecule has 0 aliphatic rings. The summed E-state index contributed by atoms with van der Waals surface area (Å²) in [6, 6.07) is 15.0. The first-order chi connectivity index (χ1) is 9.91. The number of aryl methyl sites for hydroxylation is 1. The highest BCUT2D eigenvalue weighted by molar-refractivity contribution is 6.09. The van der Waals surface area contributed by atoms with E-state index < -0.39 is 0 Å². The van der Waals surface area contributed by atoms with Crippen LogP contribution in [-0.4, -0.2) is 11.4 Å². The molecular formula is C19H22O2. The SMILES string of the molecule is CCC(C)(C)Oc1ccc(C(=O)c2ccc(C)cc2)cc1. The molecule has 0 saturated carbocycles. The van der Waals surface area contributed by atoms with Gasteiger partial charge in [0.25, 0.3) is 0 Å². The van der Waals surface area contributed by atoms with Gasteiger partial charge in [-0.05, 0) is 51.5 Å². The summed E-state index contributed by atoms with van der Waals surface area (Å²) in [5, 5.41) is 0. The lowest BCUT2D eigenvalue weighted by molar-refractivity contribution is 0.103. The molecule has 0 amide bonds. The standard InChI is InChI=1S/C19H22O2/c1-5-19(3,4)21-17-12-10-16(11-13-17)18(20)15-8-6-14(2)7-9-15/h6-13H,5H2,1-4H3. The molecule has 0 radical (unpaired) electrons. The Hall–Kier alpha value is -2.09. The molecule has 21 heavy (non-hydrogen) atoms. The molecule has 2 aromatic carbocycles. The van der Waals surface area contributed by atoms with Crippen LogP contribution in [0.2, 0.25) is 0 Å². The Morgan fingerprint density at radius 3 is 1.90 bits per heavy atom. The van der Waals surface area contributed by atoms with Gasteiger partial charge in [0.15, 0.2) is 5.78 Å². The number of hydrogen-bond acceptors (Lipinski definition) is 2. The van der Waals surface area contributed by atoms with Crippen molar-refractivity contribution in [3.8, 4) is 5.75 Å². The maximum Gasteiger partial charge on any atom is 0.193 e. The van der Waals surface area contributed by atoms with Gasteiger partial charge < -0.3 is 4.74 Å². The van der Waals surface area contributed by atoms with Crippen LogP contribution in [0.25, 0.3) is 0 Å². The number of hydrogen-bond donors (Lipinski definition) is 0. The molecule has 2 heteroatoms. The van der Waals surface area contributed by atoms with E-state index in [9.17, 15) is 4.79 Å². The second-order valence-corrected chi connectivity index (χ2v) is 5.93. The fourth-order valence-electron chi connectivity index (χ4n) is 1.94. The third-order valence-electron chi connectivity index (χ3n) is 3.68. The van der Waals surface area contributed by atoms with Crippen LogP contribution in [0.3, 0.4) is 0 Å². The quantitative estimate of drug-likeness (QED) is 0.737. The van der Waals surface area contributed by atoms with E-state index in [0.29, 0.717) is 11.1 Å². The number of benzene rings is 2. The predicted octanol–water partition coefficient (Wildman–Crippen LogP) is 4.79. The maximum atomic E-state index is 12.4. The lowest BCUT2D eigenvalue weighted by Crippen LogP contribution is -2.26. The average molecular weight is 282 g/mol. The Morgan fingerprint density at radius 1 is 0.952 bits per heavy atom. The second kappa shape index (κ2) is 6.13. The number of ether oxygens (including phenoxy) is 1. The van der Waals surface area contributed by atoms with E-state index in [1.807, 2.05) is 55.5 Å². The van der Waals surface area contributed by atoms with Crippen molar-refractivity contribution in [1.29, 1.82) is 0 Å². The summed E-state index contributed by atoms with van der Waals surface area (Å²) in [6.07, 6.45) is 0.928. The fraction of sp³-hybridized carbons (Fsp3) is 0.316. The Labute approximate surface area is 126 Å². The molecule has 0 aliphatic heterocycles. The summed E-state index contributed by atoms with van der Waals surface area (Å²) in [5.41, 5.74) is 2.35. The minimum Gasteiger partial charge on any atom is -0.488 e. The van der Waals surface area contributed by atoms with Crippen LogP contribution in [-0.2, 0) is 0 Å². The first kappa shape index (κ1) is 15.3. The molecule has 2 nitrogen and oxygen atoms in total. The van der Waals surface area contributed by atoms with Crippen molar-refractivity contribution < 1.29 is 9.53 Å². The molecule has 0 saturated heterocycles. The molecule has 2 rings (SSSR count). The topological polar surface area (TPSA) is 26.3 Å². The van der Waals surface area contributed by atoms with Gasteiger partial charge in [0.2, 0.25) is 0 Å². The molecule has 0 fully saturated rings. The molecule has 0 aromatic heterocycles. The zero-order chi connectivity index (χ0) is 15.5. The van der Waals surface area contributed by atoms with Crippen LogP contribution < -0.4 is 4.74 Å². The normalized spacial score (nSPS) is 11.2. The summed E-state index contributed by atoms with van der Waals surface area (Å²) >= 11 is 0. The molecular weight excluding hydrogens is 260 g/mol. The van der Waals surface area contributed by atoms with Crippen molar-refractivity contribution in [2.75, 3.05) is 0 Å². The van der Waals surface area contributed by atoms with Gasteiger partial charge in [0.05, 0.1) is 0 Å². The van der Waals surface area contributed by atoms with Crippen LogP contribution in [0.15, 0.2) is 48.5 Å². The van der Waals surface area contributed by atoms with E-state index in [1.54, 1.807) is 0 Å². The highest BCUT2D eigenvalue weighted by Crippen LogP contribution is 2.22. The monoisotopic (exact) mass is 282 g/mol. The van der Waals surface area contributed by atoms with E-state index in [1.165, 1.54) is 0 Å². The Kier molecular flexibility index (Phi) is 4.46. The number of carbonyl (C=O) groups excluding carboxylic acids is 1. The Bertz CT molecular complexity index is 607. The summed E-state index contributed by atoms with van der Waals surface area (Å²) in [7, 11) is 0. The van der Waals surface area contributed by atoms with Crippen LogP contribution in [0.5, 0.6) is 5.75 Å². The van der Waals surface area contributed by atoms with Gasteiger partial charge >= 0.3 is 0 Å². The fourth-order valence-corrected chi connectivity index (χ4v) is 1.94. The van der Waals surface area contributed by atoms with Crippen molar-refractivity contribution in [1.82, 2.24) is 0 Å². The van der Waals surface area contributed by atoms with Gasteiger partial charge in [0, 0.05) is 11.1 Å². The van der Waals surface area contributed by atoms with Crippen LogP contribution >= 0.6 is 0 Å². The molecule has 0 bridgehead atoms. The van der Waals surface area contributed by atoms with Crippen molar-refractivity contribution in [3.63, 3.8) is 0 Å².